The van der Waals surface area contributed by atoms with Gasteiger partial charge in [-0.05, 0) is 54.6 Å². The summed E-state index contributed by atoms with van der Waals surface area (Å²) in [6, 6.07) is 18.7. The van der Waals surface area contributed by atoms with Crippen molar-refractivity contribution in [3.05, 3.63) is 83.4 Å². The fourth-order valence-corrected chi connectivity index (χ4v) is 3.55. The van der Waals surface area contributed by atoms with E-state index in [-0.39, 0.29) is 21.2 Å². The minimum Gasteiger partial charge on any atom is -0.478 e. The van der Waals surface area contributed by atoms with Crippen molar-refractivity contribution < 1.29 is 23.1 Å². The Morgan fingerprint density at radius 2 is 1.56 bits per heavy atom. The molecule has 0 aliphatic carbocycles. The lowest BCUT2D eigenvalue weighted by Gasteiger charge is -2.11. The maximum absolute atomic E-state index is 12.6. The smallest absolute Gasteiger partial charge is 0.337 e. The second-order valence-electron chi connectivity index (χ2n) is 5.49. The second-order valence-corrected chi connectivity index (χ2v) is 7.61. The van der Waals surface area contributed by atoms with Gasteiger partial charge in [-0.25, -0.2) is 13.2 Å². The summed E-state index contributed by atoms with van der Waals surface area (Å²) in [6.45, 7) is 0. The summed E-state index contributed by atoms with van der Waals surface area (Å²) in [4.78, 5) is 11.3. The molecule has 0 spiro atoms. The summed E-state index contributed by atoms with van der Waals surface area (Å²) >= 11 is 5.78. The van der Waals surface area contributed by atoms with Crippen molar-refractivity contribution in [2.75, 3.05) is 4.72 Å². The number of nitrogens with one attached hydrogen (secondary N) is 1. The lowest BCUT2D eigenvalue weighted by Crippen LogP contribution is -2.15. The third-order valence-electron chi connectivity index (χ3n) is 3.57. The van der Waals surface area contributed by atoms with Crippen LogP contribution in [0.3, 0.4) is 0 Å². The molecule has 0 fully saturated rings. The minimum atomic E-state index is -3.98. The maximum Gasteiger partial charge on any atom is 0.337 e. The van der Waals surface area contributed by atoms with Crippen LogP contribution in [0.4, 0.5) is 5.69 Å². The molecular formula is C19H14ClNO5S. The number of benzene rings is 3. The van der Waals surface area contributed by atoms with Gasteiger partial charge in [-0.1, -0.05) is 29.8 Å². The van der Waals surface area contributed by atoms with Crippen LogP contribution < -0.4 is 9.46 Å². The Balaban J connectivity index is 1.82. The molecule has 0 unspecified atom stereocenters. The topological polar surface area (TPSA) is 92.7 Å². The van der Waals surface area contributed by atoms with E-state index >= 15 is 0 Å². The highest BCUT2D eigenvalue weighted by molar-refractivity contribution is 7.92. The zero-order chi connectivity index (χ0) is 19.4. The molecule has 0 aliphatic heterocycles. The highest BCUT2D eigenvalue weighted by atomic mass is 35.5. The molecule has 0 aliphatic rings. The highest BCUT2D eigenvalue weighted by Crippen LogP contribution is 2.26. The van der Waals surface area contributed by atoms with Gasteiger partial charge < -0.3 is 9.84 Å². The summed E-state index contributed by atoms with van der Waals surface area (Å²) in [6.07, 6.45) is 0. The third kappa shape index (κ3) is 4.58. The molecule has 0 saturated carbocycles. The normalized spacial score (nSPS) is 11.0. The van der Waals surface area contributed by atoms with Gasteiger partial charge in [-0.3, -0.25) is 4.72 Å². The van der Waals surface area contributed by atoms with Gasteiger partial charge in [-0.15, -0.1) is 0 Å². The number of halogens is 1. The van der Waals surface area contributed by atoms with Gasteiger partial charge in [0, 0.05) is 5.02 Å². The van der Waals surface area contributed by atoms with E-state index in [0.29, 0.717) is 11.5 Å². The van der Waals surface area contributed by atoms with Gasteiger partial charge in [0.05, 0.1) is 16.1 Å². The van der Waals surface area contributed by atoms with E-state index in [0.717, 1.165) is 0 Å². The number of hydrogen-bond donors (Lipinski definition) is 2. The van der Waals surface area contributed by atoms with Crippen LogP contribution in [0.25, 0.3) is 0 Å². The number of carboxylic acid groups (broad SMARTS) is 1. The molecule has 27 heavy (non-hydrogen) atoms. The molecule has 0 saturated heterocycles. The van der Waals surface area contributed by atoms with E-state index in [1.54, 1.807) is 12.1 Å². The first-order chi connectivity index (χ1) is 12.8. The molecule has 6 nitrogen and oxygen atoms in total. The lowest BCUT2D eigenvalue weighted by atomic mass is 10.2. The first-order valence-corrected chi connectivity index (χ1v) is 9.60. The largest absolute Gasteiger partial charge is 0.478 e. The van der Waals surface area contributed by atoms with Crippen molar-refractivity contribution in [2.24, 2.45) is 0 Å². The van der Waals surface area contributed by atoms with Gasteiger partial charge in [0.25, 0.3) is 10.0 Å². The quantitative estimate of drug-likeness (QED) is 0.625. The predicted octanol–water partition coefficient (Wildman–Crippen LogP) is 4.63. The maximum atomic E-state index is 12.6. The first-order valence-electron chi connectivity index (χ1n) is 7.74. The third-order valence-corrected chi connectivity index (χ3v) is 5.19. The minimum absolute atomic E-state index is 0.0331. The summed E-state index contributed by atoms with van der Waals surface area (Å²) < 4.78 is 33.0. The van der Waals surface area contributed by atoms with Crippen LogP contribution in [0, 0.1) is 0 Å². The number of carboxylic acids is 1. The number of hydrogen-bond acceptors (Lipinski definition) is 4. The Morgan fingerprint density at radius 1 is 0.926 bits per heavy atom. The number of aromatic carboxylic acids is 1. The molecule has 2 N–H and O–H groups in total. The van der Waals surface area contributed by atoms with Gasteiger partial charge in [0.2, 0.25) is 0 Å². The Kier molecular flexibility index (Phi) is 5.34. The molecule has 3 rings (SSSR count). The Hall–Kier alpha value is -3.03. The summed E-state index contributed by atoms with van der Waals surface area (Å²) in [7, 11) is -3.98. The van der Waals surface area contributed by atoms with E-state index in [4.69, 9.17) is 16.3 Å². The average molecular weight is 404 g/mol. The SMILES string of the molecule is O=C(O)c1cc(Cl)ccc1NS(=O)(=O)c1ccc(Oc2ccccc2)cc1. The van der Waals surface area contributed by atoms with E-state index in [2.05, 4.69) is 4.72 Å². The van der Waals surface area contributed by atoms with Crippen molar-refractivity contribution in [3.8, 4) is 11.5 Å². The average Bonchev–Trinajstić information content (AvgIpc) is 2.64. The van der Waals surface area contributed by atoms with Crippen LogP contribution in [-0.4, -0.2) is 19.5 Å². The monoisotopic (exact) mass is 403 g/mol. The Labute approximate surface area is 161 Å². The molecule has 0 heterocycles. The van der Waals surface area contributed by atoms with Crippen molar-refractivity contribution in [1.29, 1.82) is 0 Å². The van der Waals surface area contributed by atoms with Gasteiger partial charge in [0.1, 0.15) is 11.5 Å². The number of anilines is 1. The molecule has 8 heteroatoms. The summed E-state index contributed by atoms with van der Waals surface area (Å²) in [5.41, 5.74) is -0.313. The van der Waals surface area contributed by atoms with Crippen molar-refractivity contribution >= 4 is 33.3 Å². The number of sulfonamides is 1. The molecule has 0 bridgehead atoms. The lowest BCUT2D eigenvalue weighted by molar-refractivity contribution is 0.0698. The molecule has 3 aromatic rings. The molecule has 0 aromatic heterocycles. The number of carbonyl (C=O) groups is 1. The zero-order valence-electron chi connectivity index (χ0n) is 13.8. The molecule has 3 aromatic carbocycles. The van der Waals surface area contributed by atoms with E-state index in [1.165, 1.54) is 42.5 Å². The van der Waals surface area contributed by atoms with Gasteiger partial charge in [0.15, 0.2) is 0 Å². The molecule has 0 amide bonds. The first kappa shape index (κ1) is 18.8. The van der Waals surface area contributed by atoms with Crippen LogP contribution in [0.5, 0.6) is 11.5 Å². The molecular weight excluding hydrogens is 390 g/mol. The standard InChI is InChI=1S/C19H14ClNO5S/c20-13-6-11-18(17(12-13)19(22)23)21-27(24,25)16-9-7-15(8-10-16)26-14-4-2-1-3-5-14/h1-12,21H,(H,22,23). The van der Waals surface area contributed by atoms with Crippen LogP contribution in [0.15, 0.2) is 77.7 Å². The van der Waals surface area contributed by atoms with Crippen molar-refractivity contribution in [3.63, 3.8) is 0 Å². The Bertz CT molecular complexity index is 1070. The van der Waals surface area contributed by atoms with Crippen LogP contribution in [-0.2, 0) is 10.0 Å². The van der Waals surface area contributed by atoms with Gasteiger partial charge in [-0.2, -0.15) is 0 Å². The highest BCUT2D eigenvalue weighted by Gasteiger charge is 2.19. The summed E-state index contributed by atoms with van der Waals surface area (Å²) in [5.74, 6) is -0.196. The summed E-state index contributed by atoms with van der Waals surface area (Å²) in [5, 5.41) is 9.42. The van der Waals surface area contributed by atoms with E-state index in [1.807, 2.05) is 18.2 Å². The zero-order valence-corrected chi connectivity index (χ0v) is 15.4. The van der Waals surface area contributed by atoms with Gasteiger partial charge >= 0.3 is 5.97 Å². The number of ether oxygens (including phenoxy) is 1. The van der Waals surface area contributed by atoms with Crippen molar-refractivity contribution in [1.82, 2.24) is 0 Å². The van der Waals surface area contributed by atoms with Crippen LogP contribution >= 0.6 is 11.6 Å². The van der Waals surface area contributed by atoms with E-state index < -0.39 is 16.0 Å². The van der Waals surface area contributed by atoms with Crippen molar-refractivity contribution in [2.45, 2.75) is 4.90 Å². The fraction of sp³-hybridized carbons (Fsp3) is 0. The Morgan fingerprint density at radius 3 is 2.19 bits per heavy atom. The van der Waals surface area contributed by atoms with E-state index in [9.17, 15) is 18.3 Å². The van der Waals surface area contributed by atoms with Crippen LogP contribution in [0.2, 0.25) is 5.02 Å². The molecule has 138 valence electrons. The fourth-order valence-electron chi connectivity index (χ4n) is 2.30. The number of para-hydroxylation sites is 1. The second kappa shape index (κ2) is 7.69. The molecule has 0 atom stereocenters. The van der Waals surface area contributed by atoms with Crippen LogP contribution in [0.1, 0.15) is 10.4 Å². The predicted molar refractivity (Wildman–Crippen MR) is 102 cm³/mol. The molecule has 0 radical (unpaired) electrons. The number of rotatable bonds is 6.